The SMILES string of the molecule is CCc1c(CNC)cnn1-c1ccc(C)c(Cl)c1. The van der Waals surface area contributed by atoms with Crippen molar-refractivity contribution in [3.05, 3.63) is 46.2 Å². The van der Waals surface area contributed by atoms with Crippen molar-refractivity contribution < 1.29 is 0 Å². The molecule has 96 valence electrons. The Hall–Kier alpha value is -1.32. The smallest absolute Gasteiger partial charge is 0.0663 e. The maximum Gasteiger partial charge on any atom is 0.0663 e. The molecule has 3 nitrogen and oxygen atoms in total. The zero-order valence-corrected chi connectivity index (χ0v) is 11.8. The van der Waals surface area contributed by atoms with Crippen molar-refractivity contribution in [2.75, 3.05) is 7.05 Å². The summed E-state index contributed by atoms with van der Waals surface area (Å²) in [5.41, 5.74) is 4.56. The molecule has 1 N–H and O–H groups in total. The second-order valence-corrected chi connectivity index (χ2v) is 4.75. The van der Waals surface area contributed by atoms with Gasteiger partial charge in [-0.25, -0.2) is 4.68 Å². The number of halogens is 1. The lowest BCUT2D eigenvalue weighted by atomic mass is 10.2. The van der Waals surface area contributed by atoms with Crippen molar-refractivity contribution in [2.24, 2.45) is 0 Å². The number of nitrogens with one attached hydrogen (secondary N) is 1. The van der Waals surface area contributed by atoms with Gasteiger partial charge in [-0.05, 0) is 38.1 Å². The van der Waals surface area contributed by atoms with E-state index < -0.39 is 0 Å². The number of rotatable bonds is 4. The molecule has 1 heterocycles. The Labute approximate surface area is 113 Å². The highest BCUT2D eigenvalue weighted by atomic mass is 35.5. The van der Waals surface area contributed by atoms with Crippen LogP contribution in [0.15, 0.2) is 24.4 Å². The van der Waals surface area contributed by atoms with Crippen LogP contribution >= 0.6 is 11.6 Å². The highest BCUT2D eigenvalue weighted by Gasteiger charge is 2.10. The second kappa shape index (κ2) is 5.55. The Balaban J connectivity index is 2.46. The normalized spacial score (nSPS) is 10.9. The summed E-state index contributed by atoms with van der Waals surface area (Å²) in [5, 5.41) is 8.41. The first-order valence-corrected chi connectivity index (χ1v) is 6.52. The molecule has 1 aromatic carbocycles. The summed E-state index contributed by atoms with van der Waals surface area (Å²) in [5.74, 6) is 0. The summed E-state index contributed by atoms with van der Waals surface area (Å²) in [4.78, 5) is 0. The topological polar surface area (TPSA) is 29.9 Å². The van der Waals surface area contributed by atoms with E-state index in [1.54, 1.807) is 0 Å². The van der Waals surface area contributed by atoms with Crippen LogP contribution in [0.1, 0.15) is 23.7 Å². The predicted molar refractivity (Wildman–Crippen MR) is 75.5 cm³/mol. The van der Waals surface area contributed by atoms with E-state index in [4.69, 9.17) is 11.6 Å². The van der Waals surface area contributed by atoms with Gasteiger partial charge in [0.1, 0.15) is 0 Å². The van der Waals surface area contributed by atoms with E-state index in [-0.39, 0.29) is 0 Å². The van der Waals surface area contributed by atoms with Gasteiger partial charge in [0, 0.05) is 22.8 Å². The predicted octanol–water partition coefficient (Wildman–Crippen LogP) is 3.12. The fraction of sp³-hybridized carbons (Fsp3) is 0.357. The van der Waals surface area contributed by atoms with Gasteiger partial charge in [-0.2, -0.15) is 5.10 Å². The third-order valence-electron chi connectivity index (χ3n) is 3.06. The lowest BCUT2D eigenvalue weighted by molar-refractivity contribution is 0.779. The first-order valence-electron chi connectivity index (χ1n) is 6.14. The van der Waals surface area contributed by atoms with Gasteiger partial charge in [-0.3, -0.25) is 0 Å². The van der Waals surface area contributed by atoms with Crippen molar-refractivity contribution in [3.8, 4) is 5.69 Å². The average Bonchev–Trinajstić information content (AvgIpc) is 2.76. The molecule has 0 spiro atoms. The van der Waals surface area contributed by atoms with Crippen LogP contribution in [0, 0.1) is 6.92 Å². The monoisotopic (exact) mass is 263 g/mol. The lowest BCUT2D eigenvalue weighted by Crippen LogP contribution is -2.08. The molecular formula is C14H18ClN3. The van der Waals surface area contributed by atoms with E-state index >= 15 is 0 Å². The molecule has 0 fully saturated rings. The summed E-state index contributed by atoms with van der Waals surface area (Å²) >= 11 is 6.17. The van der Waals surface area contributed by atoms with Crippen LogP contribution in [0.5, 0.6) is 0 Å². The van der Waals surface area contributed by atoms with Crippen LogP contribution in [-0.4, -0.2) is 16.8 Å². The average molecular weight is 264 g/mol. The summed E-state index contributed by atoms with van der Waals surface area (Å²) in [7, 11) is 1.94. The Bertz CT molecular complexity index is 546. The minimum Gasteiger partial charge on any atom is -0.316 e. The third-order valence-corrected chi connectivity index (χ3v) is 3.46. The van der Waals surface area contributed by atoms with Crippen LogP contribution in [0.2, 0.25) is 5.02 Å². The van der Waals surface area contributed by atoms with Gasteiger partial charge in [0.25, 0.3) is 0 Å². The summed E-state index contributed by atoms with van der Waals surface area (Å²) in [6, 6.07) is 6.04. The molecule has 0 bridgehead atoms. The first-order chi connectivity index (χ1) is 8.67. The van der Waals surface area contributed by atoms with Crippen LogP contribution in [0.3, 0.4) is 0 Å². The van der Waals surface area contributed by atoms with E-state index in [0.717, 1.165) is 29.2 Å². The minimum atomic E-state index is 0.778. The number of aryl methyl sites for hydroxylation is 1. The molecule has 0 aliphatic carbocycles. The molecule has 18 heavy (non-hydrogen) atoms. The number of hydrogen-bond acceptors (Lipinski definition) is 2. The molecule has 0 unspecified atom stereocenters. The van der Waals surface area contributed by atoms with Gasteiger partial charge in [-0.1, -0.05) is 24.6 Å². The van der Waals surface area contributed by atoms with E-state index in [1.807, 2.05) is 37.0 Å². The van der Waals surface area contributed by atoms with Gasteiger partial charge < -0.3 is 5.32 Å². The first kappa shape index (κ1) is 13.1. The van der Waals surface area contributed by atoms with Gasteiger partial charge in [0.2, 0.25) is 0 Å². The Morgan fingerprint density at radius 3 is 2.78 bits per heavy atom. The number of hydrogen-bond donors (Lipinski definition) is 1. The van der Waals surface area contributed by atoms with E-state index in [1.165, 1.54) is 11.3 Å². The molecule has 0 saturated carbocycles. The van der Waals surface area contributed by atoms with Crippen LogP contribution in [-0.2, 0) is 13.0 Å². The summed E-state index contributed by atoms with van der Waals surface area (Å²) in [6.07, 6.45) is 2.87. The van der Waals surface area contributed by atoms with Crippen molar-refractivity contribution >= 4 is 11.6 Å². The zero-order valence-electron chi connectivity index (χ0n) is 11.0. The fourth-order valence-electron chi connectivity index (χ4n) is 2.06. The Morgan fingerprint density at radius 1 is 1.39 bits per heavy atom. The molecule has 4 heteroatoms. The molecule has 0 aliphatic heterocycles. The molecule has 2 rings (SSSR count). The number of aromatic nitrogens is 2. The van der Waals surface area contributed by atoms with Crippen molar-refractivity contribution in [1.29, 1.82) is 0 Å². The van der Waals surface area contributed by atoms with E-state index in [2.05, 4.69) is 23.4 Å². The molecule has 2 aromatic rings. The van der Waals surface area contributed by atoms with Crippen molar-refractivity contribution in [2.45, 2.75) is 26.8 Å². The van der Waals surface area contributed by atoms with Crippen LogP contribution in [0.25, 0.3) is 5.69 Å². The maximum absolute atomic E-state index is 6.17. The van der Waals surface area contributed by atoms with Gasteiger partial charge >= 0.3 is 0 Å². The quantitative estimate of drug-likeness (QED) is 0.919. The van der Waals surface area contributed by atoms with Crippen LogP contribution in [0.4, 0.5) is 0 Å². The van der Waals surface area contributed by atoms with Crippen LogP contribution < -0.4 is 5.32 Å². The van der Waals surface area contributed by atoms with Gasteiger partial charge in [-0.15, -0.1) is 0 Å². The van der Waals surface area contributed by atoms with Gasteiger partial charge in [0.05, 0.1) is 11.9 Å². The molecule has 1 aromatic heterocycles. The van der Waals surface area contributed by atoms with E-state index in [9.17, 15) is 0 Å². The number of benzene rings is 1. The van der Waals surface area contributed by atoms with Crippen molar-refractivity contribution in [3.63, 3.8) is 0 Å². The zero-order chi connectivity index (χ0) is 13.1. The summed E-state index contributed by atoms with van der Waals surface area (Å²) in [6.45, 7) is 4.98. The molecule has 0 aliphatic rings. The standard InChI is InChI=1S/C14H18ClN3/c1-4-14-11(8-16-3)9-17-18(14)12-6-5-10(2)13(15)7-12/h5-7,9,16H,4,8H2,1-3H3. The summed E-state index contributed by atoms with van der Waals surface area (Å²) < 4.78 is 1.97. The van der Waals surface area contributed by atoms with Gasteiger partial charge in [0.15, 0.2) is 0 Å². The highest BCUT2D eigenvalue weighted by molar-refractivity contribution is 6.31. The second-order valence-electron chi connectivity index (χ2n) is 4.35. The Kier molecular flexibility index (Phi) is 4.04. The molecule has 0 radical (unpaired) electrons. The van der Waals surface area contributed by atoms with E-state index in [0.29, 0.717) is 0 Å². The molecular weight excluding hydrogens is 246 g/mol. The number of nitrogens with zero attached hydrogens (tertiary/aromatic N) is 2. The largest absolute Gasteiger partial charge is 0.316 e. The van der Waals surface area contributed by atoms with Crippen molar-refractivity contribution in [1.82, 2.24) is 15.1 Å². The molecule has 0 atom stereocenters. The highest BCUT2D eigenvalue weighted by Crippen LogP contribution is 2.21. The fourth-order valence-corrected chi connectivity index (χ4v) is 2.23. The molecule has 0 saturated heterocycles. The molecule has 0 amide bonds. The third kappa shape index (κ3) is 2.42. The maximum atomic E-state index is 6.17. The minimum absolute atomic E-state index is 0.778. The Morgan fingerprint density at radius 2 is 2.17 bits per heavy atom. The lowest BCUT2D eigenvalue weighted by Gasteiger charge is -2.09.